The Morgan fingerprint density at radius 1 is 1.17 bits per heavy atom. The molecule has 2 aromatic heterocycles. The second-order valence-corrected chi connectivity index (χ2v) is 2.65. The molecule has 0 atom stereocenters. The van der Waals surface area contributed by atoms with Crippen LogP contribution in [0.15, 0.2) is 15.7 Å². The number of H-pyrrole nitrogens is 3. The Balaban J connectivity index is 3.08. The molecule has 3 N–H and O–H groups in total. The van der Waals surface area contributed by atoms with Crippen molar-refractivity contribution in [3.05, 3.63) is 32.6 Å². The quantitative estimate of drug-likeness (QED) is 0.507. The van der Waals surface area contributed by atoms with Gasteiger partial charge < -0.3 is 4.98 Å². The third-order valence-corrected chi connectivity index (χ3v) is 1.66. The van der Waals surface area contributed by atoms with E-state index in [2.05, 4.69) is 15.0 Å². The van der Waals surface area contributed by atoms with E-state index < -0.39 is 5.69 Å². The molecule has 62 valence electrons. The first kappa shape index (κ1) is 6.90. The van der Waals surface area contributed by atoms with Gasteiger partial charge in [-0.2, -0.15) is 0 Å². The second kappa shape index (κ2) is 2.10. The van der Waals surface area contributed by atoms with Gasteiger partial charge in [-0.05, 0) is 13.0 Å². The van der Waals surface area contributed by atoms with Gasteiger partial charge in [-0.25, -0.2) is 4.79 Å². The highest BCUT2D eigenvalue weighted by Crippen LogP contribution is 2.04. The van der Waals surface area contributed by atoms with E-state index in [0.29, 0.717) is 11.0 Å². The second-order valence-electron chi connectivity index (χ2n) is 2.65. The van der Waals surface area contributed by atoms with Crippen molar-refractivity contribution in [2.24, 2.45) is 0 Å². The molecule has 0 spiro atoms. The average Bonchev–Trinajstić information content (AvgIpc) is 2.29. The van der Waals surface area contributed by atoms with Crippen LogP contribution in [-0.2, 0) is 0 Å². The van der Waals surface area contributed by atoms with Crippen LogP contribution in [0.1, 0.15) is 5.69 Å². The summed E-state index contributed by atoms with van der Waals surface area (Å²) < 4.78 is 0. The van der Waals surface area contributed by atoms with E-state index in [4.69, 9.17) is 0 Å². The highest BCUT2D eigenvalue weighted by Gasteiger charge is 2.01. The van der Waals surface area contributed by atoms with Gasteiger partial charge in [0.25, 0.3) is 5.56 Å². The summed E-state index contributed by atoms with van der Waals surface area (Å²) in [5.41, 5.74) is 0.464. The largest absolute Gasteiger partial charge is 0.345 e. The van der Waals surface area contributed by atoms with E-state index >= 15 is 0 Å². The summed E-state index contributed by atoms with van der Waals surface area (Å²) in [5.74, 6) is 0. The Hall–Kier alpha value is -1.78. The molecule has 0 saturated carbocycles. The lowest BCUT2D eigenvalue weighted by Gasteiger charge is -1.85. The number of rotatable bonds is 0. The minimum Gasteiger partial charge on any atom is -0.345 e. The van der Waals surface area contributed by atoms with Crippen LogP contribution in [0.25, 0.3) is 11.0 Å². The first-order valence-corrected chi connectivity index (χ1v) is 3.49. The SMILES string of the molecule is Cc1cc2c(=O)[nH]c(=O)[nH]c2[nH]1. The Morgan fingerprint density at radius 2 is 1.92 bits per heavy atom. The first-order valence-electron chi connectivity index (χ1n) is 3.49. The molecule has 12 heavy (non-hydrogen) atoms. The number of fused-ring (bicyclic) bond motifs is 1. The van der Waals surface area contributed by atoms with Gasteiger partial charge in [-0.1, -0.05) is 0 Å². The monoisotopic (exact) mass is 165 g/mol. The van der Waals surface area contributed by atoms with Crippen molar-refractivity contribution in [2.45, 2.75) is 6.92 Å². The molecular formula is C7H7N3O2. The minimum atomic E-state index is -0.491. The molecule has 0 radical (unpaired) electrons. The molecule has 0 aromatic carbocycles. The van der Waals surface area contributed by atoms with Crippen molar-refractivity contribution >= 4 is 11.0 Å². The zero-order valence-electron chi connectivity index (χ0n) is 6.39. The molecule has 0 aliphatic heterocycles. The van der Waals surface area contributed by atoms with Crippen molar-refractivity contribution in [3.8, 4) is 0 Å². The van der Waals surface area contributed by atoms with Crippen LogP contribution >= 0.6 is 0 Å². The number of aryl methyl sites for hydroxylation is 1. The highest BCUT2D eigenvalue weighted by molar-refractivity contribution is 5.74. The lowest BCUT2D eigenvalue weighted by Crippen LogP contribution is -2.21. The third kappa shape index (κ3) is 0.868. The third-order valence-electron chi connectivity index (χ3n) is 1.66. The van der Waals surface area contributed by atoms with Crippen molar-refractivity contribution in [1.82, 2.24) is 15.0 Å². The summed E-state index contributed by atoms with van der Waals surface area (Å²) in [4.78, 5) is 29.4. The standard InChI is InChI=1S/C7H7N3O2/c1-3-2-4-5(8-3)9-7(12)10-6(4)11/h2H,1H3,(H3,8,9,10,11,12). The molecular weight excluding hydrogens is 158 g/mol. The van der Waals surface area contributed by atoms with Crippen LogP contribution in [0.5, 0.6) is 0 Å². The van der Waals surface area contributed by atoms with Crippen LogP contribution < -0.4 is 11.2 Å². The van der Waals surface area contributed by atoms with Crippen molar-refractivity contribution in [2.75, 3.05) is 0 Å². The van der Waals surface area contributed by atoms with Crippen molar-refractivity contribution < 1.29 is 0 Å². The summed E-state index contributed by atoms with van der Waals surface area (Å²) in [6, 6.07) is 1.68. The highest BCUT2D eigenvalue weighted by atomic mass is 16.2. The average molecular weight is 165 g/mol. The van der Waals surface area contributed by atoms with Crippen LogP contribution in [0.3, 0.4) is 0 Å². The molecule has 2 aromatic rings. The molecule has 0 unspecified atom stereocenters. The predicted octanol–water partition coefficient (Wildman–Crippen LogP) is -0.147. The fourth-order valence-electron chi connectivity index (χ4n) is 1.18. The van der Waals surface area contributed by atoms with Crippen LogP contribution in [-0.4, -0.2) is 15.0 Å². The maximum Gasteiger partial charge on any atom is 0.327 e. The zero-order valence-corrected chi connectivity index (χ0v) is 6.39. The van der Waals surface area contributed by atoms with E-state index in [9.17, 15) is 9.59 Å². The Kier molecular flexibility index (Phi) is 1.21. The summed E-state index contributed by atoms with van der Waals surface area (Å²) in [7, 11) is 0. The van der Waals surface area contributed by atoms with E-state index in [-0.39, 0.29) is 5.56 Å². The summed E-state index contributed by atoms with van der Waals surface area (Å²) in [6.07, 6.45) is 0. The maximum atomic E-state index is 11.1. The first-order chi connectivity index (χ1) is 5.66. The van der Waals surface area contributed by atoms with Gasteiger partial charge in [0.2, 0.25) is 0 Å². The molecule has 2 heterocycles. The minimum absolute atomic E-state index is 0.363. The maximum absolute atomic E-state index is 11.1. The smallest absolute Gasteiger partial charge is 0.327 e. The predicted molar refractivity (Wildman–Crippen MR) is 44.3 cm³/mol. The van der Waals surface area contributed by atoms with Gasteiger partial charge in [0.15, 0.2) is 0 Å². The van der Waals surface area contributed by atoms with E-state index in [0.717, 1.165) is 5.69 Å². The topological polar surface area (TPSA) is 81.5 Å². The van der Waals surface area contributed by atoms with Crippen LogP contribution in [0, 0.1) is 6.92 Å². The Labute approximate surface area is 66.4 Å². The number of hydrogen-bond acceptors (Lipinski definition) is 2. The van der Waals surface area contributed by atoms with E-state index in [1.54, 1.807) is 6.07 Å². The number of hydrogen-bond donors (Lipinski definition) is 3. The van der Waals surface area contributed by atoms with Gasteiger partial charge in [-0.15, -0.1) is 0 Å². The molecule has 2 rings (SSSR count). The zero-order chi connectivity index (χ0) is 8.72. The van der Waals surface area contributed by atoms with Gasteiger partial charge in [-0.3, -0.25) is 14.8 Å². The van der Waals surface area contributed by atoms with Crippen LogP contribution in [0.2, 0.25) is 0 Å². The van der Waals surface area contributed by atoms with Gasteiger partial charge in [0.05, 0.1) is 5.39 Å². The fraction of sp³-hybridized carbons (Fsp3) is 0.143. The molecule has 0 saturated heterocycles. The number of nitrogens with one attached hydrogen (secondary N) is 3. The molecule has 0 amide bonds. The lowest BCUT2D eigenvalue weighted by molar-refractivity contribution is 1.07. The molecule has 0 fully saturated rings. The van der Waals surface area contributed by atoms with E-state index in [1.807, 2.05) is 6.92 Å². The molecule has 0 aliphatic rings. The van der Waals surface area contributed by atoms with Gasteiger partial charge >= 0.3 is 5.69 Å². The lowest BCUT2D eigenvalue weighted by atomic mass is 10.4. The number of aromatic amines is 3. The normalized spacial score (nSPS) is 10.8. The fourth-order valence-corrected chi connectivity index (χ4v) is 1.18. The molecule has 5 nitrogen and oxygen atoms in total. The van der Waals surface area contributed by atoms with Crippen molar-refractivity contribution in [3.63, 3.8) is 0 Å². The molecule has 0 aliphatic carbocycles. The van der Waals surface area contributed by atoms with Crippen LogP contribution in [0.4, 0.5) is 0 Å². The Morgan fingerprint density at radius 3 is 2.67 bits per heavy atom. The van der Waals surface area contributed by atoms with Gasteiger partial charge in [0, 0.05) is 5.69 Å². The van der Waals surface area contributed by atoms with Gasteiger partial charge in [0.1, 0.15) is 5.65 Å². The Bertz CT molecular complexity index is 531. The summed E-state index contributed by atoms with van der Waals surface area (Å²) in [6.45, 7) is 1.82. The summed E-state index contributed by atoms with van der Waals surface area (Å²) in [5, 5.41) is 0.479. The van der Waals surface area contributed by atoms with E-state index in [1.165, 1.54) is 0 Å². The molecule has 0 bridgehead atoms. The van der Waals surface area contributed by atoms with Crippen molar-refractivity contribution in [1.29, 1.82) is 0 Å². The molecule has 5 heteroatoms. The summed E-state index contributed by atoms with van der Waals surface area (Å²) >= 11 is 0. The number of aromatic nitrogens is 3.